The van der Waals surface area contributed by atoms with Crippen molar-refractivity contribution in [3.8, 4) is 17.0 Å². The fraction of sp³-hybridized carbons (Fsp3) is 0.391. The van der Waals surface area contributed by atoms with Crippen LogP contribution in [0.3, 0.4) is 0 Å². The number of piperazine rings is 1. The number of nitrogens with zero attached hydrogens (tertiary/aromatic N) is 5. The van der Waals surface area contributed by atoms with E-state index in [0.29, 0.717) is 25.9 Å². The van der Waals surface area contributed by atoms with E-state index in [9.17, 15) is 4.79 Å². The SMILES string of the molecule is COc1ccc(-c2cc(N3CCN(C(=O)CCc4c(C)noc4C)CC3)ncn2)cc1. The zero-order valence-electron chi connectivity index (χ0n) is 18.2. The maximum Gasteiger partial charge on any atom is 0.223 e. The van der Waals surface area contributed by atoms with Gasteiger partial charge in [-0.3, -0.25) is 4.79 Å². The van der Waals surface area contributed by atoms with Gasteiger partial charge in [-0.15, -0.1) is 0 Å². The first-order chi connectivity index (χ1) is 15.0. The molecular weight excluding hydrogens is 394 g/mol. The number of amides is 1. The molecule has 0 saturated carbocycles. The predicted octanol–water partition coefficient (Wildman–Crippen LogP) is 3.04. The fourth-order valence-corrected chi connectivity index (χ4v) is 3.87. The summed E-state index contributed by atoms with van der Waals surface area (Å²) in [6, 6.07) is 9.81. The van der Waals surface area contributed by atoms with Crippen LogP contribution < -0.4 is 9.64 Å². The monoisotopic (exact) mass is 421 g/mol. The summed E-state index contributed by atoms with van der Waals surface area (Å²) in [6.45, 7) is 6.66. The predicted molar refractivity (Wildman–Crippen MR) is 117 cm³/mol. The van der Waals surface area contributed by atoms with E-state index in [2.05, 4.69) is 20.0 Å². The summed E-state index contributed by atoms with van der Waals surface area (Å²) in [5, 5.41) is 3.96. The van der Waals surface area contributed by atoms with Crippen LogP contribution in [-0.2, 0) is 11.2 Å². The molecule has 2 aromatic heterocycles. The van der Waals surface area contributed by atoms with Crippen LogP contribution in [0.1, 0.15) is 23.4 Å². The van der Waals surface area contributed by atoms with Crippen LogP contribution in [0.5, 0.6) is 5.75 Å². The summed E-state index contributed by atoms with van der Waals surface area (Å²) in [6.07, 6.45) is 2.73. The highest BCUT2D eigenvalue weighted by Crippen LogP contribution is 2.24. The van der Waals surface area contributed by atoms with Crippen molar-refractivity contribution in [2.45, 2.75) is 26.7 Å². The second-order valence-corrected chi connectivity index (χ2v) is 7.66. The first kappa shape index (κ1) is 20.8. The van der Waals surface area contributed by atoms with Gasteiger partial charge in [0.25, 0.3) is 0 Å². The topological polar surface area (TPSA) is 84.6 Å². The van der Waals surface area contributed by atoms with Gasteiger partial charge < -0.3 is 19.1 Å². The van der Waals surface area contributed by atoms with Gasteiger partial charge in [0.2, 0.25) is 5.91 Å². The van der Waals surface area contributed by atoms with E-state index in [-0.39, 0.29) is 5.91 Å². The molecule has 3 aromatic rings. The van der Waals surface area contributed by atoms with Gasteiger partial charge in [0, 0.05) is 49.8 Å². The Morgan fingerprint density at radius 1 is 1.10 bits per heavy atom. The molecule has 1 aromatic carbocycles. The van der Waals surface area contributed by atoms with Gasteiger partial charge in [0.1, 0.15) is 23.7 Å². The normalized spacial score (nSPS) is 14.0. The number of hydrogen-bond donors (Lipinski definition) is 0. The van der Waals surface area contributed by atoms with Crippen molar-refractivity contribution in [3.63, 3.8) is 0 Å². The van der Waals surface area contributed by atoms with E-state index in [1.807, 2.05) is 49.1 Å². The van der Waals surface area contributed by atoms with E-state index in [4.69, 9.17) is 9.26 Å². The third-order valence-corrected chi connectivity index (χ3v) is 5.76. The van der Waals surface area contributed by atoms with E-state index < -0.39 is 0 Å². The zero-order valence-corrected chi connectivity index (χ0v) is 18.2. The highest BCUT2D eigenvalue weighted by molar-refractivity contribution is 5.77. The maximum atomic E-state index is 12.7. The van der Waals surface area contributed by atoms with E-state index in [1.165, 1.54) is 0 Å². The van der Waals surface area contributed by atoms with Gasteiger partial charge in [-0.1, -0.05) is 5.16 Å². The molecule has 1 aliphatic rings. The molecule has 162 valence electrons. The first-order valence-corrected chi connectivity index (χ1v) is 10.5. The smallest absolute Gasteiger partial charge is 0.223 e. The number of rotatable bonds is 6. The van der Waals surface area contributed by atoms with Gasteiger partial charge in [0.05, 0.1) is 18.5 Å². The molecule has 0 spiro atoms. The number of methoxy groups -OCH3 is 1. The Bertz CT molecular complexity index is 1020. The molecule has 0 atom stereocenters. The molecule has 0 N–H and O–H groups in total. The highest BCUT2D eigenvalue weighted by atomic mass is 16.5. The number of benzene rings is 1. The third kappa shape index (κ3) is 4.68. The highest BCUT2D eigenvalue weighted by Gasteiger charge is 2.23. The summed E-state index contributed by atoms with van der Waals surface area (Å²) in [5.74, 6) is 2.66. The van der Waals surface area contributed by atoms with Gasteiger partial charge >= 0.3 is 0 Å². The average molecular weight is 422 g/mol. The number of aromatic nitrogens is 3. The lowest BCUT2D eigenvalue weighted by atomic mass is 10.1. The van der Waals surface area contributed by atoms with Crippen molar-refractivity contribution >= 4 is 11.7 Å². The van der Waals surface area contributed by atoms with Gasteiger partial charge in [-0.25, -0.2) is 9.97 Å². The van der Waals surface area contributed by atoms with Gasteiger partial charge in [-0.2, -0.15) is 0 Å². The number of carbonyl (C=O) groups is 1. The van der Waals surface area contributed by atoms with E-state index in [0.717, 1.165) is 52.9 Å². The number of aryl methyl sites for hydroxylation is 2. The van der Waals surface area contributed by atoms with Gasteiger partial charge in [0.15, 0.2) is 0 Å². The molecule has 1 saturated heterocycles. The summed E-state index contributed by atoms with van der Waals surface area (Å²) in [7, 11) is 1.65. The average Bonchev–Trinajstić information content (AvgIpc) is 3.14. The Balaban J connectivity index is 1.34. The van der Waals surface area contributed by atoms with Crippen LogP contribution in [0.25, 0.3) is 11.3 Å². The quantitative estimate of drug-likeness (QED) is 0.605. The Kier molecular flexibility index (Phi) is 6.16. The molecule has 8 heteroatoms. The van der Waals surface area contributed by atoms with E-state index >= 15 is 0 Å². The standard InChI is InChI=1S/C23H27N5O3/c1-16-20(17(2)31-26-16)8-9-23(29)28-12-10-27(11-13-28)22-14-21(24-15-25-22)18-4-6-19(30-3)7-5-18/h4-7,14-15H,8-13H2,1-3H3. The Morgan fingerprint density at radius 3 is 2.48 bits per heavy atom. The van der Waals surface area contributed by atoms with Crippen molar-refractivity contribution in [3.05, 3.63) is 53.7 Å². The zero-order chi connectivity index (χ0) is 21.8. The summed E-state index contributed by atoms with van der Waals surface area (Å²) >= 11 is 0. The molecular formula is C23H27N5O3. The molecule has 1 fully saturated rings. The van der Waals surface area contributed by atoms with Crippen LogP contribution in [0.4, 0.5) is 5.82 Å². The molecule has 0 radical (unpaired) electrons. The van der Waals surface area contributed by atoms with Crippen molar-refractivity contribution in [1.29, 1.82) is 0 Å². The van der Waals surface area contributed by atoms with Crippen LogP contribution in [-0.4, -0.2) is 59.2 Å². The fourth-order valence-electron chi connectivity index (χ4n) is 3.87. The molecule has 3 heterocycles. The minimum atomic E-state index is 0.168. The second kappa shape index (κ2) is 9.16. The molecule has 4 rings (SSSR count). The lowest BCUT2D eigenvalue weighted by Crippen LogP contribution is -2.49. The van der Waals surface area contributed by atoms with Crippen LogP contribution in [0, 0.1) is 13.8 Å². The second-order valence-electron chi connectivity index (χ2n) is 7.66. The molecule has 0 aliphatic carbocycles. The minimum absolute atomic E-state index is 0.168. The maximum absolute atomic E-state index is 12.7. The van der Waals surface area contributed by atoms with Crippen molar-refractivity contribution in [2.75, 3.05) is 38.2 Å². The van der Waals surface area contributed by atoms with E-state index in [1.54, 1.807) is 13.4 Å². The summed E-state index contributed by atoms with van der Waals surface area (Å²) in [5.41, 5.74) is 3.79. The van der Waals surface area contributed by atoms with Crippen LogP contribution in [0.2, 0.25) is 0 Å². The summed E-state index contributed by atoms with van der Waals surface area (Å²) in [4.78, 5) is 25.7. The Hall–Kier alpha value is -3.42. The molecule has 8 nitrogen and oxygen atoms in total. The number of carbonyl (C=O) groups excluding carboxylic acids is 1. The first-order valence-electron chi connectivity index (χ1n) is 10.5. The Labute approximate surface area is 181 Å². The minimum Gasteiger partial charge on any atom is -0.497 e. The summed E-state index contributed by atoms with van der Waals surface area (Å²) < 4.78 is 10.4. The molecule has 1 amide bonds. The van der Waals surface area contributed by atoms with Crippen molar-refractivity contribution < 1.29 is 14.1 Å². The molecule has 31 heavy (non-hydrogen) atoms. The lowest BCUT2D eigenvalue weighted by Gasteiger charge is -2.35. The van der Waals surface area contributed by atoms with Crippen molar-refractivity contribution in [1.82, 2.24) is 20.0 Å². The molecule has 0 bridgehead atoms. The third-order valence-electron chi connectivity index (χ3n) is 5.76. The van der Waals surface area contributed by atoms with Gasteiger partial charge in [-0.05, 0) is 44.5 Å². The number of ether oxygens (including phenoxy) is 1. The lowest BCUT2D eigenvalue weighted by molar-refractivity contribution is -0.131. The van der Waals surface area contributed by atoms with Crippen molar-refractivity contribution in [2.24, 2.45) is 0 Å². The Morgan fingerprint density at radius 2 is 1.84 bits per heavy atom. The molecule has 1 aliphatic heterocycles. The van der Waals surface area contributed by atoms with Crippen LogP contribution in [0.15, 0.2) is 41.2 Å². The largest absolute Gasteiger partial charge is 0.497 e. The number of anilines is 1. The molecule has 0 unspecified atom stereocenters. The number of hydrogen-bond acceptors (Lipinski definition) is 7. The van der Waals surface area contributed by atoms with Crippen LogP contribution >= 0.6 is 0 Å².